The largest absolute Gasteiger partial charge is 0.324 e. The molecule has 0 unspecified atom stereocenters. The van der Waals surface area contributed by atoms with E-state index in [-0.39, 0.29) is 18.8 Å². The van der Waals surface area contributed by atoms with Gasteiger partial charge in [0.25, 0.3) is 5.69 Å². The third kappa shape index (κ3) is 2.48. The molecule has 0 atom stereocenters. The van der Waals surface area contributed by atoms with Gasteiger partial charge in [-0.25, -0.2) is 14.1 Å². The minimum atomic E-state index is -0.659. The normalized spacial score (nSPS) is 10.6. The fourth-order valence-electron chi connectivity index (χ4n) is 1.58. The van der Waals surface area contributed by atoms with Gasteiger partial charge in [0.2, 0.25) is 0 Å². The highest BCUT2D eigenvalue weighted by atomic mass is 19.1. The van der Waals surface area contributed by atoms with Crippen LogP contribution in [0.3, 0.4) is 0 Å². The number of nitrogens with two attached hydrogens (primary N) is 1. The van der Waals surface area contributed by atoms with Gasteiger partial charge in [-0.1, -0.05) is 0 Å². The molecule has 8 heteroatoms. The van der Waals surface area contributed by atoms with Crippen molar-refractivity contribution in [1.82, 2.24) is 14.8 Å². The lowest BCUT2D eigenvalue weighted by Gasteiger charge is -2.05. The maximum Gasteiger partial charge on any atom is 0.272 e. The Morgan fingerprint density at radius 2 is 2.22 bits per heavy atom. The molecule has 1 aromatic carbocycles. The minimum Gasteiger partial charge on any atom is -0.324 e. The summed E-state index contributed by atoms with van der Waals surface area (Å²) in [7, 11) is 0. The van der Waals surface area contributed by atoms with Crippen LogP contribution in [0, 0.1) is 15.9 Å². The van der Waals surface area contributed by atoms with Crippen molar-refractivity contribution < 1.29 is 9.31 Å². The number of nitro benzene ring substituents is 1. The molecule has 18 heavy (non-hydrogen) atoms. The van der Waals surface area contributed by atoms with E-state index in [9.17, 15) is 14.5 Å². The van der Waals surface area contributed by atoms with Gasteiger partial charge in [0, 0.05) is 6.07 Å². The second-order valence-electron chi connectivity index (χ2n) is 3.61. The molecule has 0 amide bonds. The van der Waals surface area contributed by atoms with E-state index in [2.05, 4.69) is 10.1 Å². The number of hydrogen-bond acceptors (Lipinski definition) is 5. The van der Waals surface area contributed by atoms with Gasteiger partial charge in [-0.05, 0) is 11.6 Å². The number of aromatic nitrogens is 3. The summed E-state index contributed by atoms with van der Waals surface area (Å²) in [6, 6.07) is 3.38. The van der Waals surface area contributed by atoms with Gasteiger partial charge in [-0.2, -0.15) is 5.10 Å². The topological polar surface area (TPSA) is 99.9 Å². The third-order valence-electron chi connectivity index (χ3n) is 2.36. The number of hydrogen-bond donors (Lipinski definition) is 1. The molecular formula is C10H10FN5O2. The van der Waals surface area contributed by atoms with Gasteiger partial charge < -0.3 is 5.73 Å². The zero-order valence-electron chi connectivity index (χ0n) is 9.28. The van der Waals surface area contributed by atoms with E-state index in [0.29, 0.717) is 11.4 Å². The zero-order valence-corrected chi connectivity index (χ0v) is 9.28. The minimum absolute atomic E-state index is 0.186. The Morgan fingerprint density at radius 3 is 2.89 bits per heavy atom. The average Bonchev–Trinajstić information content (AvgIpc) is 2.75. The first-order valence-electron chi connectivity index (χ1n) is 5.10. The maximum absolute atomic E-state index is 13.2. The summed E-state index contributed by atoms with van der Waals surface area (Å²) in [6.45, 7) is 0.378. The molecular weight excluding hydrogens is 241 g/mol. The Labute approximate surface area is 101 Å². The van der Waals surface area contributed by atoms with E-state index < -0.39 is 10.7 Å². The lowest BCUT2D eigenvalue weighted by molar-refractivity contribution is -0.385. The predicted molar refractivity (Wildman–Crippen MR) is 60.1 cm³/mol. The number of non-ortho nitro benzene ring substituents is 1. The van der Waals surface area contributed by atoms with E-state index in [4.69, 9.17) is 5.73 Å². The van der Waals surface area contributed by atoms with Gasteiger partial charge in [-0.15, -0.1) is 0 Å². The number of nitrogens with zero attached hydrogens (tertiary/aromatic N) is 4. The molecule has 1 aromatic heterocycles. The van der Waals surface area contributed by atoms with Gasteiger partial charge in [-0.3, -0.25) is 10.1 Å². The van der Waals surface area contributed by atoms with E-state index >= 15 is 0 Å². The molecule has 0 aliphatic rings. The first kappa shape index (κ1) is 12.1. The Balaban J connectivity index is 2.32. The van der Waals surface area contributed by atoms with E-state index in [1.807, 2.05) is 0 Å². The Morgan fingerprint density at radius 1 is 1.44 bits per heavy atom. The number of nitro groups is 1. The Hall–Kier alpha value is -2.35. The molecule has 0 aliphatic heterocycles. The fraction of sp³-hybridized carbons (Fsp3) is 0.200. The molecule has 1 heterocycles. The highest BCUT2D eigenvalue weighted by Gasteiger charge is 2.11. The van der Waals surface area contributed by atoms with Gasteiger partial charge >= 0.3 is 0 Å². The summed E-state index contributed by atoms with van der Waals surface area (Å²) in [5.41, 5.74) is 5.59. The molecule has 0 bridgehead atoms. The molecule has 0 saturated carbocycles. The molecule has 0 radical (unpaired) electrons. The molecule has 94 valence electrons. The van der Waals surface area contributed by atoms with Crippen LogP contribution < -0.4 is 5.73 Å². The highest BCUT2D eigenvalue weighted by Crippen LogP contribution is 2.17. The Kier molecular flexibility index (Phi) is 3.28. The summed E-state index contributed by atoms with van der Waals surface area (Å²) < 4.78 is 14.7. The lowest BCUT2D eigenvalue weighted by Crippen LogP contribution is -2.11. The summed E-state index contributed by atoms with van der Waals surface area (Å²) in [5.74, 6) is -0.129. The summed E-state index contributed by atoms with van der Waals surface area (Å²) in [6.07, 6.45) is 1.33. The van der Waals surface area contributed by atoms with E-state index in [0.717, 1.165) is 6.07 Å². The van der Waals surface area contributed by atoms with Crippen LogP contribution in [-0.2, 0) is 13.1 Å². The molecule has 0 spiro atoms. The summed E-state index contributed by atoms with van der Waals surface area (Å²) in [4.78, 5) is 13.9. The second kappa shape index (κ2) is 4.88. The van der Waals surface area contributed by atoms with Gasteiger partial charge in [0.1, 0.15) is 18.0 Å². The van der Waals surface area contributed by atoms with Crippen molar-refractivity contribution in [2.75, 3.05) is 0 Å². The Bertz CT molecular complexity index is 583. The molecule has 2 rings (SSSR count). The monoisotopic (exact) mass is 251 g/mol. The van der Waals surface area contributed by atoms with Crippen molar-refractivity contribution in [3.8, 4) is 0 Å². The third-order valence-corrected chi connectivity index (χ3v) is 2.36. The van der Waals surface area contributed by atoms with Crippen molar-refractivity contribution >= 4 is 5.69 Å². The van der Waals surface area contributed by atoms with Gasteiger partial charge in [0.05, 0.1) is 24.1 Å². The first-order chi connectivity index (χ1) is 8.60. The predicted octanol–water partition coefficient (Wildman–Crippen LogP) is 0.832. The number of rotatable bonds is 4. The zero-order chi connectivity index (χ0) is 13.1. The lowest BCUT2D eigenvalue weighted by atomic mass is 10.2. The summed E-state index contributed by atoms with van der Waals surface area (Å²) in [5, 5.41) is 14.5. The second-order valence-corrected chi connectivity index (χ2v) is 3.61. The molecule has 0 aliphatic carbocycles. The van der Waals surface area contributed by atoms with Crippen LogP contribution in [0.15, 0.2) is 24.5 Å². The van der Waals surface area contributed by atoms with Crippen molar-refractivity contribution in [1.29, 1.82) is 0 Å². The van der Waals surface area contributed by atoms with Crippen LogP contribution in [0.2, 0.25) is 0 Å². The summed E-state index contributed by atoms with van der Waals surface area (Å²) >= 11 is 0. The van der Waals surface area contributed by atoms with Crippen molar-refractivity contribution in [3.63, 3.8) is 0 Å². The highest BCUT2D eigenvalue weighted by molar-refractivity contribution is 5.35. The maximum atomic E-state index is 13.2. The van der Waals surface area contributed by atoms with Crippen molar-refractivity contribution in [2.24, 2.45) is 5.73 Å². The van der Waals surface area contributed by atoms with Crippen LogP contribution in [0.5, 0.6) is 0 Å². The SMILES string of the molecule is NCc1ncnn1Cc1cc(F)cc([N+](=O)[O-])c1. The number of halogens is 1. The van der Waals surface area contributed by atoms with Crippen LogP contribution in [-0.4, -0.2) is 19.7 Å². The fourth-order valence-corrected chi connectivity index (χ4v) is 1.58. The van der Waals surface area contributed by atoms with Crippen LogP contribution in [0.25, 0.3) is 0 Å². The molecule has 2 N–H and O–H groups in total. The molecule has 2 aromatic rings. The first-order valence-corrected chi connectivity index (χ1v) is 5.10. The smallest absolute Gasteiger partial charge is 0.272 e. The van der Waals surface area contributed by atoms with Crippen LogP contribution in [0.1, 0.15) is 11.4 Å². The van der Waals surface area contributed by atoms with E-state index in [1.54, 1.807) is 0 Å². The quantitative estimate of drug-likeness (QED) is 0.640. The van der Waals surface area contributed by atoms with Crippen molar-refractivity contribution in [2.45, 2.75) is 13.1 Å². The van der Waals surface area contributed by atoms with Crippen LogP contribution in [0.4, 0.5) is 10.1 Å². The van der Waals surface area contributed by atoms with Gasteiger partial charge in [0.15, 0.2) is 0 Å². The number of benzene rings is 1. The molecule has 7 nitrogen and oxygen atoms in total. The average molecular weight is 251 g/mol. The van der Waals surface area contributed by atoms with E-state index in [1.165, 1.54) is 23.1 Å². The van der Waals surface area contributed by atoms with Crippen LogP contribution >= 0.6 is 0 Å². The van der Waals surface area contributed by atoms with Crippen molar-refractivity contribution in [3.05, 3.63) is 51.8 Å². The molecule has 0 saturated heterocycles. The molecule has 0 fully saturated rings. The standard InChI is InChI=1S/C10H10FN5O2/c11-8-1-7(2-9(3-8)16(17)18)5-15-10(4-12)13-6-14-15/h1-3,6H,4-5,12H2.